The number of nitrogens with zero attached hydrogens (tertiary/aromatic N) is 1. The normalized spacial score (nSPS) is 12.9. The predicted octanol–water partition coefficient (Wildman–Crippen LogP) is 6.08. The van der Waals surface area contributed by atoms with Crippen molar-refractivity contribution in [2.24, 2.45) is 0 Å². The molecule has 0 atom stereocenters. The molecule has 1 aliphatic rings. The average Bonchev–Trinajstić information content (AvgIpc) is 3.22. The van der Waals surface area contributed by atoms with Crippen LogP contribution in [0.25, 0.3) is 0 Å². The highest BCUT2D eigenvalue weighted by Gasteiger charge is 2.32. The average molecular weight is 576 g/mol. The van der Waals surface area contributed by atoms with Crippen LogP contribution in [0.3, 0.4) is 0 Å². The predicted molar refractivity (Wildman–Crippen MR) is 155 cm³/mol. The molecule has 3 amide bonds. The lowest BCUT2D eigenvalue weighted by atomic mass is 10.0. The number of fused-ring (bicyclic) bond motifs is 1. The van der Waals surface area contributed by atoms with E-state index in [1.807, 2.05) is 52.0 Å². The second-order valence-electron chi connectivity index (χ2n) is 10.1. The van der Waals surface area contributed by atoms with Crippen LogP contribution >= 0.6 is 23.1 Å². The van der Waals surface area contributed by atoms with Crippen molar-refractivity contribution in [3.05, 3.63) is 40.3 Å². The Hall–Kier alpha value is -3.05. The van der Waals surface area contributed by atoms with Crippen molar-refractivity contribution in [2.45, 2.75) is 77.3 Å². The van der Waals surface area contributed by atoms with Gasteiger partial charge in [0.25, 0.3) is 0 Å². The zero-order chi connectivity index (χ0) is 28.6. The summed E-state index contributed by atoms with van der Waals surface area (Å²) in [5.74, 6) is -0.682. The second kappa shape index (κ2) is 13.8. The third-order valence-corrected chi connectivity index (χ3v) is 7.81. The summed E-state index contributed by atoms with van der Waals surface area (Å²) in [5, 5.41) is 6.19. The number of nitrogens with one attached hydrogen (secondary N) is 2. The Kier molecular flexibility index (Phi) is 10.8. The summed E-state index contributed by atoms with van der Waals surface area (Å²) in [6.45, 7) is 10.1. The number of ether oxygens (including phenoxy) is 2. The summed E-state index contributed by atoms with van der Waals surface area (Å²) >= 11 is 2.61. The molecule has 0 aliphatic carbocycles. The third kappa shape index (κ3) is 8.99. The van der Waals surface area contributed by atoms with Crippen LogP contribution in [0.4, 0.5) is 15.5 Å². The van der Waals surface area contributed by atoms with Gasteiger partial charge in [0.15, 0.2) is 0 Å². The lowest BCUT2D eigenvalue weighted by Gasteiger charge is -2.30. The number of esters is 1. The number of hydrogen-bond acceptors (Lipinski definition) is 8. The van der Waals surface area contributed by atoms with Crippen LogP contribution in [0.5, 0.6) is 0 Å². The van der Waals surface area contributed by atoms with Crippen LogP contribution in [0.15, 0.2) is 29.2 Å². The molecule has 0 unspecified atom stereocenters. The monoisotopic (exact) mass is 575 g/mol. The highest BCUT2D eigenvalue weighted by Crippen LogP contribution is 2.38. The summed E-state index contributed by atoms with van der Waals surface area (Å²) in [6, 6.07) is 7.36. The molecule has 2 aromatic rings. The van der Waals surface area contributed by atoms with Gasteiger partial charge in [0.2, 0.25) is 11.8 Å². The van der Waals surface area contributed by atoms with Gasteiger partial charge in [-0.3, -0.25) is 9.59 Å². The van der Waals surface area contributed by atoms with Crippen LogP contribution in [-0.2, 0) is 32.0 Å². The standard InChI is InChI=1S/C28H37N3O6S2/c1-6-8-12-22(32)29-18-10-9-11-19(15-18)38-17-23(33)30-25-24(26(34)36-7-2)20-13-14-31(16-21(20)39-25)27(35)37-28(3,4)5/h9-11,15H,6-8,12-14,16-17H2,1-5H3,(H,29,32)(H,30,33). The topological polar surface area (TPSA) is 114 Å². The maximum absolute atomic E-state index is 12.9. The molecule has 1 aromatic heterocycles. The Morgan fingerprint density at radius 1 is 1.10 bits per heavy atom. The summed E-state index contributed by atoms with van der Waals surface area (Å²) in [7, 11) is 0. The number of rotatable bonds is 10. The van der Waals surface area contributed by atoms with E-state index in [0.717, 1.165) is 28.2 Å². The maximum Gasteiger partial charge on any atom is 0.410 e. The first kappa shape index (κ1) is 30.5. The van der Waals surface area contributed by atoms with Crippen molar-refractivity contribution < 1.29 is 28.7 Å². The number of amides is 3. The van der Waals surface area contributed by atoms with Crippen molar-refractivity contribution in [1.29, 1.82) is 0 Å². The molecule has 1 aromatic carbocycles. The van der Waals surface area contributed by atoms with Crippen molar-refractivity contribution in [2.75, 3.05) is 29.5 Å². The quantitative estimate of drug-likeness (QED) is 0.261. The van der Waals surface area contributed by atoms with E-state index in [2.05, 4.69) is 10.6 Å². The first-order valence-electron chi connectivity index (χ1n) is 13.1. The molecule has 0 saturated heterocycles. The minimum Gasteiger partial charge on any atom is -0.462 e. The Bertz CT molecular complexity index is 1200. The zero-order valence-corrected chi connectivity index (χ0v) is 24.8. The van der Waals surface area contributed by atoms with E-state index in [9.17, 15) is 19.2 Å². The minimum atomic E-state index is -0.611. The van der Waals surface area contributed by atoms with Gasteiger partial charge < -0.3 is 25.0 Å². The van der Waals surface area contributed by atoms with Gasteiger partial charge in [-0.2, -0.15) is 0 Å². The number of benzene rings is 1. The highest BCUT2D eigenvalue weighted by molar-refractivity contribution is 8.00. The Morgan fingerprint density at radius 3 is 2.56 bits per heavy atom. The van der Waals surface area contributed by atoms with Crippen LogP contribution in [0.1, 0.15) is 74.7 Å². The molecule has 11 heteroatoms. The second-order valence-corrected chi connectivity index (χ2v) is 12.3. The lowest BCUT2D eigenvalue weighted by molar-refractivity contribution is -0.116. The smallest absolute Gasteiger partial charge is 0.410 e. The van der Waals surface area contributed by atoms with E-state index in [1.54, 1.807) is 11.8 Å². The van der Waals surface area contributed by atoms with Crippen molar-refractivity contribution >= 4 is 57.7 Å². The van der Waals surface area contributed by atoms with Gasteiger partial charge in [0.05, 0.1) is 24.5 Å². The number of thioether (sulfide) groups is 1. The Morgan fingerprint density at radius 2 is 1.87 bits per heavy atom. The third-order valence-electron chi connectivity index (χ3n) is 5.69. The van der Waals surface area contributed by atoms with Gasteiger partial charge in [-0.05, 0) is 64.3 Å². The SMILES string of the molecule is CCCCC(=O)Nc1cccc(SCC(=O)Nc2sc3c(c2C(=O)OCC)CCN(C(=O)OC(C)(C)C)C3)c1. The summed E-state index contributed by atoms with van der Waals surface area (Å²) < 4.78 is 10.8. The molecule has 0 radical (unpaired) electrons. The first-order chi connectivity index (χ1) is 18.5. The largest absolute Gasteiger partial charge is 0.462 e. The van der Waals surface area contributed by atoms with E-state index in [0.29, 0.717) is 42.2 Å². The zero-order valence-electron chi connectivity index (χ0n) is 23.2. The molecular formula is C28H37N3O6S2. The minimum absolute atomic E-state index is 0.0323. The van der Waals surface area contributed by atoms with E-state index in [-0.39, 0.29) is 24.2 Å². The molecule has 2 N–H and O–H groups in total. The van der Waals surface area contributed by atoms with E-state index < -0.39 is 17.7 Å². The number of hydrogen-bond donors (Lipinski definition) is 2. The molecule has 0 bridgehead atoms. The highest BCUT2D eigenvalue weighted by atomic mass is 32.2. The number of unbranched alkanes of at least 4 members (excludes halogenated alkanes) is 1. The Balaban J connectivity index is 1.69. The number of thiophene rings is 1. The summed E-state index contributed by atoms with van der Waals surface area (Å²) in [5.41, 5.74) is 1.23. The molecule has 0 saturated carbocycles. The fourth-order valence-electron chi connectivity index (χ4n) is 3.93. The van der Waals surface area contributed by atoms with Crippen LogP contribution in [-0.4, -0.2) is 53.3 Å². The van der Waals surface area contributed by atoms with Crippen LogP contribution < -0.4 is 10.6 Å². The van der Waals surface area contributed by atoms with Crippen molar-refractivity contribution in [1.82, 2.24) is 4.90 Å². The van der Waals surface area contributed by atoms with E-state index in [1.165, 1.54) is 23.1 Å². The van der Waals surface area contributed by atoms with Gasteiger partial charge in [0.1, 0.15) is 10.6 Å². The van der Waals surface area contributed by atoms with Gasteiger partial charge >= 0.3 is 12.1 Å². The van der Waals surface area contributed by atoms with Gasteiger partial charge in [-0.15, -0.1) is 23.1 Å². The fraction of sp³-hybridized carbons (Fsp3) is 0.500. The van der Waals surface area contributed by atoms with Gasteiger partial charge in [-0.1, -0.05) is 19.4 Å². The molecular weight excluding hydrogens is 538 g/mol. The molecule has 3 rings (SSSR count). The number of anilines is 2. The molecule has 0 spiro atoms. The van der Waals surface area contributed by atoms with E-state index >= 15 is 0 Å². The summed E-state index contributed by atoms with van der Waals surface area (Å²) in [6.07, 6.45) is 2.30. The molecule has 1 aliphatic heterocycles. The Labute approximate surface area is 238 Å². The van der Waals surface area contributed by atoms with Gasteiger partial charge in [0, 0.05) is 28.4 Å². The fourth-order valence-corrected chi connectivity index (χ4v) is 5.95. The van der Waals surface area contributed by atoms with E-state index in [4.69, 9.17) is 9.47 Å². The van der Waals surface area contributed by atoms with Crippen molar-refractivity contribution in [3.63, 3.8) is 0 Å². The molecule has 2 heterocycles. The number of carbonyl (C=O) groups is 4. The van der Waals surface area contributed by atoms with Gasteiger partial charge in [-0.25, -0.2) is 9.59 Å². The maximum atomic E-state index is 12.9. The molecule has 212 valence electrons. The first-order valence-corrected chi connectivity index (χ1v) is 14.9. The lowest BCUT2D eigenvalue weighted by Crippen LogP contribution is -2.39. The molecule has 9 nitrogen and oxygen atoms in total. The van der Waals surface area contributed by atoms with Crippen LogP contribution in [0.2, 0.25) is 0 Å². The molecule has 39 heavy (non-hydrogen) atoms. The van der Waals surface area contributed by atoms with Crippen LogP contribution in [0, 0.1) is 0 Å². The van der Waals surface area contributed by atoms with Crippen molar-refractivity contribution in [3.8, 4) is 0 Å². The molecule has 0 fully saturated rings. The summed E-state index contributed by atoms with van der Waals surface area (Å²) in [4.78, 5) is 53.7. The number of carbonyl (C=O) groups excluding carboxylic acids is 4.